The van der Waals surface area contributed by atoms with Crippen LogP contribution in [-0.4, -0.2) is 61.8 Å². The molecule has 2 aromatic carbocycles. The van der Waals surface area contributed by atoms with E-state index in [1.165, 1.54) is 69.7 Å². The number of hydrogen-bond acceptors (Lipinski definition) is 8. The molecule has 0 N–H and O–H groups in total. The fraction of sp³-hybridized carbons (Fsp3) is 0.310. The Labute approximate surface area is 223 Å². The van der Waals surface area contributed by atoms with Gasteiger partial charge in [0.15, 0.2) is 0 Å². The second kappa shape index (κ2) is 13.8. The number of quaternary nitrogens is 1. The molecule has 1 aliphatic heterocycles. The fourth-order valence-electron chi connectivity index (χ4n) is 3.90. The van der Waals surface area contributed by atoms with E-state index in [1.54, 1.807) is 48.5 Å². The van der Waals surface area contributed by atoms with Crippen molar-refractivity contribution in [1.29, 1.82) is 5.26 Å². The number of carbonyl (C=O) groups excluding carboxylic acids is 1. The average molecular weight is 518 g/mol. The summed E-state index contributed by atoms with van der Waals surface area (Å²) < 4.78 is 22.6. The van der Waals surface area contributed by atoms with Gasteiger partial charge in [0, 0.05) is 5.56 Å². The van der Waals surface area contributed by atoms with Gasteiger partial charge in [-0.15, -0.1) is 0 Å². The highest BCUT2D eigenvalue weighted by Gasteiger charge is 2.19. The van der Waals surface area contributed by atoms with Gasteiger partial charge < -0.3 is 23.4 Å². The van der Waals surface area contributed by atoms with Crippen LogP contribution in [0.5, 0.6) is 23.3 Å². The van der Waals surface area contributed by atoms with Gasteiger partial charge in [-0.25, -0.2) is 14.8 Å². The van der Waals surface area contributed by atoms with E-state index >= 15 is 0 Å². The predicted molar refractivity (Wildman–Crippen MR) is 142 cm³/mol. The molecule has 4 rings (SSSR count). The Morgan fingerprint density at radius 3 is 2.11 bits per heavy atom. The molecule has 1 fully saturated rings. The predicted octanol–water partition coefficient (Wildman–Crippen LogP) is 5.34. The largest absolute Gasteiger partial charge is 0.503 e. The zero-order chi connectivity index (χ0) is 27.4. The highest BCUT2D eigenvalue weighted by molar-refractivity contribution is 6.17. The third kappa shape index (κ3) is 8.05. The van der Waals surface area contributed by atoms with Crippen molar-refractivity contribution in [3.8, 4) is 29.3 Å². The van der Waals surface area contributed by atoms with Crippen LogP contribution in [0.2, 0.25) is 0 Å². The number of esters is 1. The molecule has 0 bridgehead atoms. The standard InChI is InChI=1S/C22H17N3O5.C7H16N/c1-27-13-17(22(26)28-2)16-8-4-6-10-19(16)30-21-11-20(24-14-25-21)29-18-9-5-3-7-15(18)12-23;1-8(2)6-4-3-5-7-8/h3-11,13-14H,1-2H3;3-7H2,1-2H3/q;+1/b17-13+;. The summed E-state index contributed by atoms with van der Waals surface area (Å²) in [5.74, 6) is 0.520. The monoisotopic (exact) mass is 517 g/mol. The van der Waals surface area contributed by atoms with Gasteiger partial charge >= 0.3 is 5.97 Å². The van der Waals surface area contributed by atoms with Crippen LogP contribution in [0, 0.1) is 11.3 Å². The Hall–Kier alpha value is -4.42. The van der Waals surface area contributed by atoms with Gasteiger partial charge in [0.05, 0.1) is 59.3 Å². The lowest BCUT2D eigenvalue weighted by Gasteiger charge is -2.33. The van der Waals surface area contributed by atoms with E-state index in [-0.39, 0.29) is 17.3 Å². The number of aromatic nitrogens is 2. The van der Waals surface area contributed by atoms with Crippen LogP contribution in [0.25, 0.3) is 5.57 Å². The topological polar surface area (TPSA) is 104 Å². The molecule has 0 unspecified atom stereocenters. The van der Waals surface area contributed by atoms with E-state index in [1.807, 2.05) is 0 Å². The molecule has 38 heavy (non-hydrogen) atoms. The van der Waals surface area contributed by atoms with E-state index in [4.69, 9.17) is 18.9 Å². The van der Waals surface area contributed by atoms with E-state index in [0.29, 0.717) is 22.6 Å². The van der Waals surface area contributed by atoms with Crippen molar-refractivity contribution >= 4 is 11.5 Å². The normalized spacial score (nSPS) is 14.2. The molecule has 0 aliphatic carbocycles. The van der Waals surface area contributed by atoms with Crippen LogP contribution >= 0.6 is 0 Å². The zero-order valence-corrected chi connectivity index (χ0v) is 22.2. The maximum absolute atomic E-state index is 12.1. The lowest BCUT2D eigenvalue weighted by Crippen LogP contribution is -2.43. The minimum atomic E-state index is -0.576. The lowest BCUT2D eigenvalue weighted by molar-refractivity contribution is -0.894. The number of likely N-dealkylation sites (tertiary alicyclic amines) is 1. The third-order valence-electron chi connectivity index (χ3n) is 5.90. The van der Waals surface area contributed by atoms with Crippen LogP contribution in [0.1, 0.15) is 30.4 Å². The molecule has 3 aromatic rings. The molecule has 1 saturated heterocycles. The number of benzene rings is 2. The molecule has 9 nitrogen and oxygen atoms in total. The summed E-state index contributed by atoms with van der Waals surface area (Å²) in [7, 11) is 7.35. The molecule has 198 valence electrons. The number of nitriles is 1. The minimum Gasteiger partial charge on any atom is -0.503 e. The summed E-state index contributed by atoms with van der Waals surface area (Å²) in [6.45, 7) is 2.78. The second-order valence-electron chi connectivity index (χ2n) is 9.21. The quantitative estimate of drug-likeness (QED) is 0.179. The summed E-state index contributed by atoms with van der Waals surface area (Å²) in [5, 5.41) is 9.20. The van der Waals surface area contributed by atoms with Crippen molar-refractivity contribution in [2.24, 2.45) is 0 Å². The van der Waals surface area contributed by atoms with E-state index in [0.717, 1.165) is 0 Å². The molecule has 9 heteroatoms. The highest BCUT2D eigenvalue weighted by Crippen LogP contribution is 2.32. The third-order valence-corrected chi connectivity index (χ3v) is 5.90. The first-order chi connectivity index (χ1) is 18.4. The number of carbonyl (C=O) groups is 1. The summed E-state index contributed by atoms with van der Waals surface area (Å²) in [5.41, 5.74) is 1.02. The Bertz CT molecular complexity index is 1290. The molecule has 0 spiro atoms. The molecule has 1 aromatic heterocycles. The van der Waals surface area contributed by atoms with Gasteiger partial charge in [-0.05, 0) is 37.5 Å². The van der Waals surface area contributed by atoms with Crippen molar-refractivity contribution in [3.05, 3.63) is 78.3 Å². The molecule has 0 atom stereocenters. The average Bonchev–Trinajstić information content (AvgIpc) is 2.92. The van der Waals surface area contributed by atoms with Crippen molar-refractivity contribution < 1.29 is 28.2 Å². The summed E-state index contributed by atoms with van der Waals surface area (Å²) >= 11 is 0. The number of para-hydroxylation sites is 2. The van der Waals surface area contributed by atoms with Crippen molar-refractivity contribution in [2.75, 3.05) is 41.4 Å². The van der Waals surface area contributed by atoms with Gasteiger partial charge in [-0.3, -0.25) is 0 Å². The first-order valence-electron chi connectivity index (χ1n) is 12.3. The lowest BCUT2D eigenvalue weighted by atomic mass is 10.1. The Balaban J connectivity index is 0.000000427. The molecular weight excluding hydrogens is 484 g/mol. The summed E-state index contributed by atoms with van der Waals surface area (Å²) in [4.78, 5) is 20.3. The van der Waals surface area contributed by atoms with Gasteiger partial charge in [0.2, 0.25) is 11.8 Å². The summed E-state index contributed by atoms with van der Waals surface area (Å²) in [6, 6.07) is 17.2. The molecule has 0 amide bonds. The Morgan fingerprint density at radius 2 is 1.53 bits per heavy atom. The number of hydrogen-bond donors (Lipinski definition) is 0. The van der Waals surface area contributed by atoms with Gasteiger partial charge in [-0.2, -0.15) is 5.26 Å². The van der Waals surface area contributed by atoms with Crippen LogP contribution in [0.4, 0.5) is 0 Å². The SMILES string of the molecule is CO/C=C(/C(=O)OC)c1ccccc1Oc1cc(Oc2ccccc2C#N)ncn1.C[N+]1(C)CCCCC1. The van der Waals surface area contributed by atoms with Gasteiger partial charge in [0.25, 0.3) is 0 Å². The first kappa shape index (κ1) is 28.2. The van der Waals surface area contributed by atoms with Crippen LogP contribution < -0.4 is 9.47 Å². The van der Waals surface area contributed by atoms with Crippen LogP contribution in [0.3, 0.4) is 0 Å². The molecular formula is C29H33N4O5+. The second-order valence-corrected chi connectivity index (χ2v) is 9.21. The highest BCUT2D eigenvalue weighted by atomic mass is 16.5. The molecule has 0 saturated carbocycles. The number of nitrogens with zero attached hydrogens (tertiary/aromatic N) is 4. The van der Waals surface area contributed by atoms with Gasteiger partial charge in [-0.1, -0.05) is 30.3 Å². The molecule has 1 aliphatic rings. The van der Waals surface area contributed by atoms with E-state index in [2.05, 4.69) is 30.1 Å². The molecule has 0 radical (unpaired) electrons. The number of rotatable bonds is 7. The maximum atomic E-state index is 12.1. The Kier molecular flexibility index (Phi) is 10.2. The number of piperidine rings is 1. The number of ether oxygens (including phenoxy) is 4. The summed E-state index contributed by atoms with van der Waals surface area (Å²) in [6.07, 6.45) is 6.89. The minimum absolute atomic E-state index is 0.184. The zero-order valence-electron chi connectivity index (χ0n) is 22.2. The Morgan fingerprint density at radius 1 is 0.921 bits per heavy atom. The van der Waals surface area contributed by atoms with Crippen LogP contribution in [-0.2, 0) is 14.3 Å². The van der Waals surface area contributed by atoms with E-state index < -0.39 is 5.97 Å². The smallest absolute Gasteiger partial charge is 0.341 e. The van der Waals surface area contributed by atoms with Crippen molar-refractivity contribution in [2.45, 2.75) is 19.3 Å². The molecule has 2 heterocycles. The fourth-order valence-corrected chi connectivity index (χ4v) is 3.90. The first-order valence-corrected chi connectivity index (χ1v) is 12.3. The van der Waals surface area contributed by atoms with Crippen molar-refractivity contribution in [1.82, 2.24) is 9.97 Å². The maximum Gasteiger partial charge on any atom is 0.341 e. The van der Waals surface area contributed by atoms with Crippen LogP contribution in [0.15, 0.2) is 67.2 Å². The van der Waals surface area contributed by atoms with Crippen molar-refractivity contribution in [3.63, 3.8) is 0 Å². The number of methoxy groups -OCH3 is 2. The van der Waals surface area contributed by atoms with Gasteiger partial charge in [0.1, 0.15) is 29.5 Å². The van der Waals surface area contributed by atoms with E-state index in [9.17, 15) is 10.1 Å².